The van der Waals surface area contributed by atoms with Crippen molar-refractivity contribution < 1.29 is 0 Å². The SMILES string of the molecule is CNCc1csc(C=NNc2ncnc3sc(C(C)(C)C)cc23)n1. The molecule has 3 rings (SSSR count). The molecule has 0 aliphatic heterocycles. The first-order valence-corrected chi connectivity index (χ1v) is 9.30. The lowest BCUT2D eigenvalue weighted by Crippen LogP contribution is -2.07. The number of nitrogens with one attached hydrogen (secondary N) is 2. The van der Waals surface area contributed by atoms with Crippen LogP contribution in [0.5, 0.6) is 0 Å². The molecule has 126 valence electrons. The standard InChI is InChI=1S/C16H20N6S2/c1-16(2,3)12-5-11-14(18-9-19-15(11)24-12)22-20-7-13-21-10(6-17-4)8-23-13/h5,7-9,17H,6H2,1-4H3,(H,18,19,22). The maximum Gasteiger partial charge on any atom is 0.158 e. The van der Waals surface area contributed by atoms with Crippen molar-refractivity contribution in [3.8, 4) is 0 Å². The van der Waals surface area contributed by atoms with E-state index in [0.29, 0.717) is 0 Å². The van der Waals surface area contributed by atoms with Gasteiger partial charge in [0, 0.05) is 16.8 Å². The van der Waals surface area contributed by atoms with Crippen LogP contribution in [0.2, 0.25) is 0 Å². The third kappa shape index (κ3) is 3.77. The van der Waals surface area contributed by atoms with E-state index in [0.717, 1.165) is 33.3 Å². The first-order valence-electron chi connectivity index (χ1n) is 7.60. The Morgan fingerprint density at radius 1 is 1.29 bits per heavy atom. The number of rotatable bonds is 5. The van der Waals surface area contributed by atoms with Gasteiger partial charge < -0.3 is 5.32 Å². The molecule has 3 aromatic heterocycles. The summed E-state index contributed by atoms with van der Waals surface area (Å²) < 4.78 is 0. The molecule has 0 fully saturated rings. The second-order valence-corrected chi connectivity index (χ2v) is 8.30. The Labute approximate surface area is 149 Å². The summed E-state index contributed by atoms with van der Waals surface area (Å²) in [5.41, 5.74) is 4.13. The number of thiophene rings is 1. The molecule has 8 heteroatoms. The summed E-state index contributed by atoms with van der Waals surface area (Å²) >= 11 is 3.26. The minimum absolute atomic E-state index is 0.0938. The van der Waals surface area contributed by atoms with E-state index < -0.39 is 0 Å². The number of hydrazone groups is 1. The maximum absolute atomic E-state index is 4.47. The summed E-state index contributed by atoms with van der Waals surface area (Å²) in [5.74, 6) is 0.718. The first kappa shape index (κ1) is 16.9. The summed E-state index contributed by atoms with van der Waals surface area (Å²) in [6, 6.07) is 2.15. The molecule has 2 N–H and O–H groups in total. The second-order valence-electron chi connectivity index (χ2n) is 6.38. The van der Waals surface area contributed by atoms with Crippen LogP contribution in [0.15, 0.2) is 22.9 Å². The van der Waals surface area contributed by atoms with Crippen molar-refractivity contribution in [1.82, 2.24) is 20.3 Å². The predicted octanol–water partition coefficient (Wildman–Crippen LogP) is 3.61. The van der Waals surface area contributed by atoms with E-state index in [1.54, 1.807) is 35.2 Å². The van der Waals surface area contributed by atoms with E-state index in [4.69, 9.17) is 0 Å². The van der Waals surface area contributed by atoms with Crippen molar-refractivity contribution in [3.63, 3.8) is 0 Å². The molecule has 0 amide bonds. The molecular formula is C16H20N6S2. The Morgan fingerprint density at radius 3 is 2.88 bits per heavy atom. The van der Waals surface area contributed by atoms with Gasteiger partial charge in [0.25, 0.3) is 0 Å². The lowest BCUT2D eigenvalue weighted by atomic mass is 9.94. The highest BCUT2D eigenvalue weighted by Gasteiger charge is 2.18. The summed E-state index contributed by atoms with van der Waals surface area (Å²) in [4.78, 5) is 15.4. The number of hydrogen-bond donors (Lipinski definition) is 2. The summed E-state index contributed by atoms with van der Waals surface area (Å²) in [6.07, 6.45) is 3.28. The van der Waals surface area contributed by atoms with Gasteiger partial charge in [0.1, 0.15) is 16.2 Å². The van der Waals surface area contributed by atoms with Crippen LogP contribution in [0.25, 0.3) is 10.2 Å². The van der Waals surface area contributed by atoms with Gasteiger partial charge in [0.05, 0.1) is 17.3 Å². The van der Waals surface area contributed by atoms with Crippen LogP contribution in [0.1, 0.15) is 36.3 Å². The minimum atomic E-state index is 0.0938. The van der Waals surface area contributed by atoms with E-state index in [-0.39, 0.29) is 5.41 Å². The molecule has 3 aromatic rings. The Morgan fingerprint density at radius 2 is 2.12 bits per heavy atom. The van der Waals surface area contributed by atoms with Crippen LogP contribution >= 0.6 is 22.7 Å². The average molecular weight is 361 g/mol. The molecule has 0 saturated carbocycles. The van der Waals surface area contributed by atoms with Crippen LogP contribution in [0, 0.1) is 0 Å². The van der Waals surface area contributed by atoms with Crippen molar-refractivity contribution in [2.75, 3.05) is 12.5 Å². The minimum Gasteiger partial charge on any atom is -0.314 e. The van der Waals surface area contributed by atoms with Crippen molar-refractivity contribution in [2.45, 2.75) is 32.7 Å². The van der Waals surface area contributed by atoms with E-state index in [1.807, 2.05) is 12.4 Å². The van der Waals surface area contributed by atoms with Crippen LogP contribution in [0.3, 0.4) is 0 Å². The number of hydrogen-bond acceptors (Lipinski definition) is 8. The quantitative estimate of drug-likeness (QED) is 0.537. The molecule has 0 spiro atoms. The molecule has 0 aliphatic carbocycles. The summed E-state index contributed by atoms with van der Waals surface area (Å²) in [7, 11) is 1.90. The fourth-order valence-electron chi connectivity index (χ4n) is 2.11. The largest absolute Gasteiger partial charge is 0.314 e. The highest BCUT2D eigenvalue weighted by atomic mass is 32.1. The summed E-state index contributed by atoms with van der Waals surface area (Å²) in [6.45, 7) is 7.35. The molecule has 0 atom stereocenters. The van der Waals surface area contributed by atoms with Crippen molar-refractivity contribution in [1.29, 1.82) is 0 Å². The van der Waals surface area contributed by atoms with Crippen LogP contribution in [-0.2, 0) is 12.0 Å². The second kappa shape index (κ2) is 6.92. The first-order chi connectivity index (χ1) is 11.5. The van der Waals surface area contributed by atoms with Gasteiger partial charge in [0.15, 0.2) is 5.82 Å². The van der Waals surface area contributed by atoms with Crippen LogP contribution in [-0.4, -0.2) is 28.2 Å². The van der Waals surface area contributed by atoms with Gasteiger partial charge >= 0.3 is 0 Å². The molecule has 6 nitrogen and oxygen atoms in total. The highest BCUT2D eigenvalue weighted by Crippen LogP contribution is 2.35. The van der Waals surface area contributed by atoms with Gasteiger partial charge in [-0.25, -0.2) is 15.0 Å². The fourth-order valence-corrected chi connectivity index (χ4v) is 3.84. The fraction of sp³-hybridized carbons (Fsp3) is 0.375. The monoisotopic (exact) mass is 360 g/mol. The van der Waals surface area contributed by atoms with E-state index >= 15 is 0 Å². The number of thiazole rings is 1. The van der Waals surface area contributed by atoms with Gasteiger partial charge in [-0.3, -0.25) is 5.43 Å². The van der Waals surface area contributed by atoms with Gasteiger partial charge in [-0.15, -0.1) is 22.7 Å². The molecular weight excluding hydrogens is 340 g/mol. The highest BCUT2D eigenvalue weighted by molar-refractivity contribution is 7.18. The Hall–Kier alpha value is -1.90. The third-order valence-corrected chi connectivity index (χ3v) is 5.64. The molecule has 0 aromatic carbocycles. The Balaban J connectivity index is 1.79. The molecule has 0 saturated heterocycles. The van der Waals surface area contributed by atoms with Crippen molar-refractivity contribution >= 4 is 44.9 Å². The zero-order chi connectivity index (χ0) is 17.2. The Kier molecular flexibility index (Phi) is 4.88. The summed E-state index contributed by atoms with van der Waals surface area (Å²) in [5, 5.41) is 11.2. The van der Waals surface area contributed by atoms with Gasteiger partial charge in [0.2, 0.25) is 0 Å². The molecule has 0 aliphatic rings. The number of nitrogens with zero attached hydrogens (tertiary/aromatic N) is 4. The van der Waals surface area contributed by atoms with Crippen molar-refractivity contribution in [3.05, 3.63) is 33.4 Å². The van der Waals surface area contributed by atoms with Crippen LogP contribution < -0.4 is 10.7 Å². The molecule has 24 heavy (non-hydrogen) atoms. The van der Waals surface area contributed by atoms with Gasteiger partial charge in [-0.1, -0.05) is 20.8 Å². The van der Waals surface area contributed by atoms with E-state index in [2.05, 4.69) is 57.6 Å². The molecule has 0 bridgehead atoms. The van der Waals surface area contributed by atoms with Gasteiger partial charge in [-0.2, -0.15) is 5.10 Å². The van der Waals surface area contributed by atoms with Crippen molar-refractivity contribution in [2.24, 2.45) is 5.10 Å². The lowest BCUT2D eigenvalue weighted by molar-refractivity contribution is 0.604. The predicted molar refractivity (Wildman–Crippen MR) is 102 cm³/mol. The normalized spacial score (nSPS) is 12.3. The topological polar surface area (TPSA) is 75.1 Å². The van der Waals surface area contributed by atoms with Gasteiger partial charge in [-0.05, 0) is 18.5 Å². The Bertz CT molecular complexity index is 859. The zero-order valence-corrected chi connectivity index (χ0v) is 15.8. The average Bonchev–Trinajstić information content (AvgIpc) is 3.14. The maximum atomic E-state index is 4.47. The number of anilines is 1. The third-order valence-electron chi connectivity index (χ3n) is 3.34. The smallest absolute Gasteiger partial charge is 0.158 e. The zero-order valence-electron chi connectivity index (χ0n) is 14.1. The number of fused-ring (bicyclic) bond motifs is 1. The molecule has 3 heterocycles. The molecule has 0 unspecified atom stereocenters. The lowest BCUT2D eigenvalue weighted by Gasteiger charge is -2.14. The van der Waals surface area contributed by atoms with E-state index in [9.17, 15) is 0 Å². The molecule has 0 radical (unpaired) electrons. The van der Waals surface area contributed by atoms with E-state index in [1.165, 1.54) is 4.88 Å². The van der Waals surface area contributed by atoms with Crippen LogP contribution in [0.4, 0.5) is 5.82 Å². The number of aromatic nitrogens is 3.